The third-order valence-electron chi connectivity index (χ3n) is 3.75. The SMILES string of the molecule is CCC(c1ccccc1)C(NC)c1nccn1CC. The van der Waals surface area contributed by atoms with E-state index in [9.17, 15) is 0 Å². The molecule has 1 N–H and O–H groups in total. The maximum atomic E-state index is 4.55. The maximum absolute atomic E-state index is 4.55. The Kier molecular flexibility index (Phi) is 4.74. The molecule has 1 aromatic heterocycles. The van der Waals surface area contributed by atoms with E-state index in [4.69, 9.17) is 0 Å². The molecule has 1 aromatic carbocycles. The molecule has 19 heavy (non-hydrogen) atoms. The van der Waals surface area contributed by atoms with Crippen LogP contribution in [-0.2, 0) is 6.54 Å². The average Bonchev–Trinajstić information content (AvgIpc) is 2.93. The van der Waals surface area contributed by atoms with Gasteiger partial charge in [-0.1, -0.05) is 37.3 Å². The number of hydrogen-bond acceptors (Lipinski definition) is 2. The van der Waals surface area contributed by atoms with Crippen LogP contribution in [0.15, 0.2) is 42.7 Å². The molecule has 2 atom stereocenters. The molecule has 2 aromatic rings. The zero-order valence-corrected chi connectivity index (χ0v) is 12.0. The molecule has 1 heterocycles. The Labute approximate surface area is 115 Å². The van der Waals surface area contributed by atoms with Crippen LogP contribution in [0.3, 0.4) is 0 Å². The first-order valence-corrected chi connectivity index (χ1v) is 7.05. The van der Waals surface area contributed by atoms with Gasteiger partial charge >= 0.3 is 0 Å². The van der Waals surface area contributed by atoms with Crippen molar-refractivity contribution in [3.63, 3.8) is 0 Å². The molecule has 0 saturated heterocycles. The van der Waals surface area contributed by atoms with E-state index in [0.29, 0.717) is 5.92 Å². The molecule has 0 aliphatic carbocycles. The first kappa shape index (κ1) is 13.8. The number of nitrogens with zero attached hydrogens (tertiary/aromatic N) is 2. The monoisotopic (exact) mass is 257 g/mol. The summed E-state index contributed by atoms with van der Waals surface area (Å²) in [5.41, 5.74) is 1.37. The summed E-state index contributed by atoms with van der Waals surface area (Å²) in [5.74, 6) is 1.57. The molecule has 3 nitrogen and oxygen atoms in total. The van der Waals surface area contributed by atoms with E-state index < -0.39 is 0 Å². The minimum atomic E-state index is 0.252. The van der Waals surface area contributed by atoms with Crippen molar-refractivity contribution in [1.82, 2.24) is 14.9 Å². The van der Waals surface area contributed by atoms with Crippen LogP contribution in [0, 0.1) is 0 Å². The minimum absolute atomic E-state index is 0.252. The van der Waals surface area contributed by atoms with E-state index in [2.05, 4.69) is 65.2 Å². The highest BCUT2D eigenvalue weighted by Gasteiger charge is 2.25. The van der Waals surface area contributed by atoms with Crippen molar-refractivity contribution in [2.24, 2.45) is 0 Å². The van der Waals surface area contributed by atoms with E-state index >= 15 is 0 Å². The second kappa shape index (κ2) is 6.53. The van der Waals surface area contributed by atoms with Crippen molar-refractivity contribution in [3.05, 3.63) is 54.1 Å². The molecule has 0 bridgehead atoms. The zero-order valence-electron chi connectivity index (χ0n) is 12.0. The number of likely N-dealkylation sites (N-methyl/N-ethyl adjacent to an activating group) is 1. The molecule has 0 aliphatic rings. The summed E-state index contributed by atoms with van der Waals surface area (Å²) in [6, 6.07) is 10.9. The van der Waals surface area contributed by atoms with E-state index in [1.165, 1.54) is 5.56 Å². The quantitative estimate of drug-likeness (QED) is 0.860. The summed E-state index contributed by atoms with van der Waals surface area (Å²) in [7, 11) is 2.02. The Bertz CT molecular complexity index is 490. The molecule has 0 aliphatic heterocycles. The van der Waals surface area contributed by atoms with E-state index in [1.807, 2.05) is 13.2 Å². The third kappa shape index (κ3) is 2.87. The van der Waals surface area contributed by atoms with Gasteiger partial charge in [-0.15, -0.1) is 0 Å². The fourth-order valence-electron chi connectivity index (χ4n) is 2.74. The van der Waals surface area contributed by atoms with Gasteiger partial charge in [-0.05, 0) is 26.0 Å². The minimum Gasteiger partial charge on any atom is -0.334 e. The smallest absolute Gasteiger partial charge is 0.126 e. The molecular weight excluding hydrogens is 234 g/mol. The predicted octanol–water partition coefficient (Wildman–Crippen LogP) is 3.36. The topological polar surface area (TPSA) is 29.9 Å². The van der Waals surface area contributed by atoms with E-state index in [-0.39, 0.29) is 6.04 Å². The highest BCUT2D eigenvalue weighted by atomic mass is 15.1. The lowest BCUT2D eigenvalue weighted by Crippen LogP contribution is -2.26. The summed E-state index contributed by atoms with van der Waals surface area (Å²) in [5, 5.41) is 3.45. The molecule has 102 valence electrons. The number of benzene rings is 1. The Morgan fingerprint density at radius 3 is 2.53 bits per heavy atom. The molecule has 3 heteroatoms. The normalized spacial score (nSPS) is 14.3. The van der Waals surface area contributed by atoms with Crippen molar-refractivity contribution in [2.75, 3.05) is 7.05 Å². The van der Waals surface area contributed by atoms with Crippen LogP contribution in [-0.4, -0.2) is 16.6 Å². The van der Waals surface area contributed by atoms with Crippen LogP contribution >= 0.6 is 0 Å². The number of hydrogen-bond donors (Lipinski definition) is 1. The van der Waals surface area contributed by atoms with Crippen LogP contribution in [0.1, 0.15) is 43.6 Å². The fraction of sp³-hybridized carbons (Fsp3) is 0.438. The Balaban J connectivity index is 2.34. The van der Waals surface area contributed by atoms with E-state index in [0.717, 1.165) is 18.8 Å². The van der Waals surface area contributed by atoms with Crippen molar-refractivity contribution >= 4 is 0 Å². The number of aryl methyl sites for hydroxylation is 1. The molecule has 0 saturated carbocycles. The highest BCUT2D eigenvalue weighted by molar-refractivity contribution is 5.23. The molecule has 0 spiro atoms. The van der Waals surface area contributed by atoms with Gasteiger partial charge < -0.3 is 9.88 Å². The van der Waals surface area contributed by atoms with Crippen molar-refractivity contribution in [2.45, 2.75) is 38.8 Å². The fourth-order valence-corrected chi connectivity index (χ4v) is 2.74. The number of aromatic nitrogens is 2. The predicted molar refractivity (Wildman–Crippen MR) is 79.2 cm³/mol. The van der Waals surface area contributed by atoms with Crippen molar-refractivity contribution in [3.8, 4) is 0 Å². The van der Waals surface area contributed by atoms with Crippen molar-refractivity contribution < 1.29 is 0 Å². The summed E-state index contributed by atoms with van der Waals surface area (Å²) in [6.07, 6.45) is 5.03. The molecule has 2 unspecified atom stereocenters. The number of imidazole rings is 1. The van der Waals surface area contributed by atoms with Crippen molar-refractivity contribution in [1.29, 1.82) is 0 Å². The first-order valence-electron chi connectivity index (χ1n) is 7.05. The largest absolute Gasteiger partial charge is 0.334 e. The van der Waals surface area contributed by atoms with Gasteiger partial charge in [0.25, 0.3) is 0 Å². The Morgan fingerprint density at radius 1 is 1.21 bits per heavy atom. The average molecular weight is 257 g/mol. The third-order valence-corrected chi connectivity index (χ3v) is 3.75. The lowest BCUT2D eigenvalue weighted by molar-refractivity contribution is 0.431. The van der Waals surface area contributed by atoms with Gasteiger partial charge in [0.2, 0.25) is 0 Å². The van der Waals surface area contributed by atoms with E-state index in [1.54, 1.807) is 0 Å². The van der Waals surface area contributed by atoms with Gasteiger partial charge in [0.1, 0.15) is 5.82 Å². The second-order valence-electron chi connectivity index (χ2n) is 4.76. The van der Waals surface area contributed by atoms with Crippen LogP contribution in [0.2, 0.25) is 0 Å². The Morgan fingerprint density at radius 2 is 1.95 bits per heavy atom. The van der Waals surface area contributed by atoms with Gasteiger partial charge in [0, 0.05) is 24.9 Å². The Hall–Kier alpha value is -1.61. The maximum Gasteiger partial charge on any atom is 0.126 e. The molecule has 0 amide bonds. The highest BCUT2D eigenvalue weighted by Crippen LogP contribution is 2.32. The van der Waals surface area contributed by atoms with Crippen LogP contribution < -0.4 is 5.32 Å². The molecule has 2 rings (SSSR count). The number of nitrogens with one attached hydrogen (secondary N) is 1. The van der Waals surface area contributed by atoms with Gasteiger partial charge in [0.15, 0.2) is 0 Å². The van der Waals surface area contributed by atoms with Crippen LogP contribution in [0.5, 0.6) is 0 Å². The van der Waals surface area contributed by atoms with Gasteiger partial charge in [-0.25, -0.2) is 4.98 Å². The first-order chi connectivity index (χ1) is 9.31. The zero-order chi connectivity index (χ0) is 13.7. The van der Waals surface area contributed by atoms with Gasteiger partial charge in [-0.2, -0.15) is 0 Å². The lowest BCUT2D eigenvalue weighted by atomic mass is 9.88. The van der Waals surface area contributed by atoms with Crippen LogP contribution in [0.4, 0.5) is 0 Å². The second-order valence-corrected chi connectivity index (χ2v) is 4.76. The summed E-state index contributed by atoms with van der Waals surface area (Å²) >= 11 is 0. The summed E-state index contributed by atoms with van der Waals surface area (Å²) in [6.45, 7) is 5.35. The summed E-state index contributed by atoms with van der Waals surface area (Å²) < 4.78 is 2.22. The standard InChI is InChI=1S/C16H23N3/c1-4-14(13-9-7-6-8-10-13)15(17-3)16-18-11-12-19(16)5-2/h6-12,14-15,17H,4-5H2,1-3H3. The molecular formula is C16H23N3. The summed E-state index contributed by atoms with van der Waals surface area (Å²) in [4.78, 5) is 4.55. The van der Waals surface area contributed by atoms with Gasteiger partial charge in [-0.3, -0.25) is 0 Å². The number of rotatable bonds is 6. The molecule has 0 radical (unpaired) electrons. The van der Waals surface area contributed by atoms with Crippen LogP contribution in [0.25, 0.3) is 0 Å². The van der Waals surface area contributed by atoms with Gasteiger partial charge in [0.05, 0.1) is 6.04 Å². The molecule has 0 fully saturated rings. The lowest BCUT2D eigenvalue weighted by Gasteiger charge is -2.26.